The molecule has 10 heteroatoms. The summed E-state index contributed by atoms with van der Waals surface area (Å²) in [5.41, 5.74) is 1.31. The van der Waals surface area contributed by atoms with E-state index in [0.717, 1.165) is 11.6 Å². The van der Waals surface area contributed by atoms with Crippen LogP contribution in [-0.2, 0) is 15.7 Å². The summed E-state index contributed by atoms with van der Waals surface area (Å²) < 4.78 is 52.6. The first-order valence-corrected chi connectivity index (χ1v) is 12.6. The van der Waals surface area contributed by atoms with Crippen LogP contribution >= 0.6 is 0 Å². The van der Waals surface area contributed by atoms with Gasteiger partial charge in [-0.2, -0.15) is 18.2 Å². The Hall–Kier alpha value is -4.02. The molecule has 0 bridgehead atoms. The molecule has 4 aromatic rings. The predicted molar refractivity (Wildman–Crippen MR) is 144 cm³/mol. The van der Waals surface area contributed by atoms with Crippen molar-refractivity contribution in [1.82, 2.24) is 15.5 Å². The topological polar surface area (TPSA) is 97.5 Å². The number of nitrogens with zero attached hydrogens (tertiary/aromatic N) is 2. The van der Waals surface area contributed by atoms with Crippen molar-refractivity contribution in [2.24, 2.45) is 0 Å². The molecule has 1 unspecified atom stereocenters. The number of hydrogen-bond donors (Lipinski definition) is 2. The van der Waals surface area contributed by atoms with Crippen LogP contribution in [0.1, 0.15) is 43.5 Å². The van der Waals surface area contributed by atoms with E-state index >= 15 is 0 Å². The summed E-state index contributed by atoms with van der Waals surface area (Å²) >= 11 is 0. The highest BCUT2D eigenvalue weighted by atomic mass is 19.4. The fourth-order valence-corrected chi connectivity index (χ4v) is 4.22. The van der Waals surface area contributed by atoms with Gasteiger partial charge >= 0.3 is 12.1 Å². The first-order chi connectivity index (χ1) is 18.9. The van der Waals surface area contributed by atoms with Crippen LogP contribution in [0.2, 0.25) is 0 Å². The highest BCUT2D eigenvalue weighted by molar-refractivity contribution is 5.75. The first kappa shape index (κ1) is 29.0. The minimum absolute atomic E-state index is 0.0480. The second-order valence-corrected chi connectivity index (χ2v) is 10.3. The number of aliphatic hydroxyl groups is 1. The second kappa shape index (κ2) is 11.6. The molecular formula is C30H30F3N3O4. The summed E-state index contributed by atoms with van der Waals surface area (Å²) in [6.45, 7) is 6.74. The van der Waals surface area contributed by atoms with Gasteiger partial charge in [0.1, 0.15) is 5.60 Å². The maximum Gasteiger partial charge on any atom is 0.417 e. The number of esters is 1. The number of carbonyl (C=O) groups excluding carboxylic acids is 1. The molecular weight excluding hydrogens is 523 g/mol. The van der Waals surface area contributed by atoms with Gasteiger partial charge in [-0.15, -0.1) is 0 Å². The van der Waals surface area contributed by atoms with Crippen molar-refractivity contribution in [2.75, 3.05) is 13.2 Å². The van der Waals surface area contributed by atoms with Crippen LogP contribution in [0, 0.1) is 6.92 Å². The second-order valence-electron chi connectivity index (χ2n) is 10.3. The zero-order chi connectivity index (χ0) is 29.1. The molecule has 0 aliphatic heterocycles. The van der Waals surface area contributed by atoms with Crippen molar-refractivity contribution < 1.29 is 32.3 Å². The van der Waals surface area contributed by atoms with E-state index in [9.17, 15) is 23.1 Å². The van der Waals surface area contributed by atoms with E-state index in [-0.39, 0.29) is 36.0 Å². The average molecular weight is 554 g/mol. The molecule has 2 N–H and O–H groups in total. The molecule has 0 aliphatic carbocycles. The summed E-state index contributed by atoms with van der Waals surface area (Å²) in [4.78, 5) is 16.3. The summed E-state index contributed by atoms with van der Waals surface area (Å²) in [5.74, 6) is -0.295. The van der Waals surface area contributed by atoms with Crippen LogP contribution in [0.3, 0.4) is 0 Å². The van der Waals surface area contributed by atoms with Crippen LogP contribution in [0.4, 0.5) is 13.2 Å². The van der Waals surface area contributed by atoms with Crippen LogP contribution in [0.15, 0.2) is 71.3 Å². The number of nitrogens with one attached hydrogen (secondary N) is 1. The lowest BCUT2D eigenvalue weighted by Gasteiger charge is -2.21. The molecule has 4 rings (SSSR count). The van der Waals surface area contributed by atoms with Crippen LogP contribution < -0.4 is 5.32 Å². The zero-order valence-corrected chi connectivity index (χ0v) is 22.5. The molecule has 1 heterocycles. The standard InChI is InChI=1S/C30H30F3N3O4/c1-18-7-5-6-8-22(18)23-14-13-21(15-24(23)30(31,32)33)28-35-27(36-40-28)20-11-9-19(10-12-20)25(17-37)34-16-26(38)39-29(2,3)4/h5-15,25,34,37H,16-17H2,1-4H3. The number of benzene rings is 3. The highest BCUT2D eigenvalue weighted by Gasteiger charge is 2.35. The van der Waals surface area contributed by atoms with Crippen LogP contribution in [-0.4, -0.2) is 40.0 Å². The highest BCUT2D eigenvalue weighted by Crippen LogP contribution is 2.40. The Bertz CT molecular complexity index is 1470. The summed E-state index contributed by atoms with van der Waals surface area (Å²) in [6, 6.07) is 17.2. The van der Waals surface area contributed by atoms with E-state index in [1.807, 2.05) is 0 Å². The molecule has 0 amide bonds. The lowest BCUT2D eigenvalue weighted by molar-refractivity contribution is -0.153. The van der Waals surface area contributed by atoms with Crippen molar-refractivity contribution in [3.8, 4) is 34.0 Å². The van der Waals surface area contributed by atoms with E-state index in [1.165, 1.54) is 12.1 Å². The molecule has 0 saturated carbocycles. The van der Waals surface area contributed by atoms with Gasteiger partial charge in [0.15, 0.2) is 0 Å². The number of halogens is 3. The van der Waals surface area contributed by atoms with Gasteiger partial charge in [0.05, 0.1) is 24.8 Å². The number of carbonyl (C=O) groups is 1. The largest absolute Gasteiger partial charge is 0.459 e. The number of ether oxygens (including phenoxy) is 1. The fourth-order valence-electron chi connectivity index (χ4n) is 4.22. The third-order valence-corrected chi connectivity index (χ3v) is 6.10. The smallest absolute Gasteiger partial charge is 0.417 e. The Balaban J connectivity index is 1.54. The molecule has 3 aromatic carbocycles. The average Bonchev–Trinajstić information content (AvgIpc) is 3.38. The zero-order valence-electron chi connectivity index (χ0n) is 22.5. The summed E-state index contributed by atoms with van der Waals surface area (Å²) in [6.07, 6.45) is -4.59. The molecule has 210 valence electrons. The molecule has 0 radical (unpaired) electrons. The minimum atomic E-state index is -4.59. The van der Waals surface area contributed by atoms with Crippen molar-refractivity contribution in [3.63, 3.8) is 0 Å². The Morgan fingerprint density at radius 3 is 2.30 bits per heavy atom. The molecule has 0 fully saturated rings. The lowest BCUT2D eigenvalue weighted by Crippen LogP contribution is -2.34. The first-order valence-electron chi connectivity index (χ1n) is 12.6. The Kier molecular flexibility index (Phi) is 8.41. The van der Waals surface area contributed by atoms with Gasteiger partial charge < -0.3 is 14.4 Å². The number of aliphatic hydroxyl groups excluding tert-OH is 1. The monoisotopic (exact) mass is 553 g/mol. The third kappa shape index (κ3) is 6.94. The Labute approximate surface area is 230 Å². The molecule has 0 spiro atoms. The molecule has 40 heavy (non-hydrogen) atoms. The third-order valence-electron chi connectivity index (χ3n) is 6.10. The summed E-state index contributed by atoms with van der Waals surface area (Å²) in [5, 5.41) is 16.7. The van der Waals surface area contributed by atoms with E-state index in [2.05, 4.69) is 15.5 Å². The predicted octanol–water partition coefficient (Wildman–Crippen LogP) is 6.36. The van der Waals surface area contributed by atoms with Gasteiger partial charge in [-0.1, -0.05) is 59.8 Å². The van der Waals surface area contributed by atoms with Gasteiger partial charge in [0.25, 0.3) is 5.89 Å². The van der Waals surface area contributed by atoms with Gasteiger partial charge in [0.2, 0.25) is 5.82 Å². The van der Waals surface area contributed by atoms with E-state index < -0.39 is 29.4 Å². The molecule has 1 aromatic heterocycles. The van der Waals surface area contributed by atoms with Gasteiger partial charge in [-0.25, -0.2) is 0 Å². The quantitative estimate of drug-likeness (QED) is 0.245. The van der Waals surface area contributed by atoms with Gasteiger partial charge in [0, 0.05) is 11.1 Å². The Morgan fingerprint density at radius 2 is 1.68 bits per heavy atom. The fraction of sp³-hybridized carbons (Fsp3) is 0.300. The van der Waals surface area contributed by atoms with Crippen molar-refractivity contribution in [2.45, 2.75) is 45.5 Å². The normalized spacial score (nSPS) is 12.8. The van der Waals surface area contributed by atoms with Crippen molar-refractivity contribution in [1.29, 1.82) is 0 Å². The maximum atomic E-state index is 14.0. The number of hydrogen-bond acceptors (Lipinski definition) is 7. The van der Waals surface area contributed by atoms with E-state index in [1.54, 1.807) is 76.2 Å². The van der Waals surface area contributed by atoms with E-state index in [0.29, 0.717) is 16.7 Å². The Morgan fingerprint density at radius 1 is 1.00 bits per heavy atom. The number of alkyl halides is 3. The van der Waals surface area contributed by atoms with Gasteiger partial charge in [-0.05, 0) is 62.1 Å². The molecule has 7 nitrogen and oxygen atoms in total. The molecule has 0 aliphatic rings. The minimum Gasteiger partial charge on any atom is -0.459 e. The SMILES string of the molecule is Cc1ccccc1-c1ccc(-c2nc(-c3ccc(C(CO)NCC(=O)OC(C)(C)C)cc3)no2)cc1C(F)(F)F. The molecule has 0 saturated heterocycles. The number of rotatable bonds is 8. The van der Waals surface area contributed by atoms with Crippen molar-refractivity contribution >= 4 is 5.97 Å². The number of aryl methyl sites for hydroxylation is 1. The van der Waals surface area contributed by atoms with Crippen LogP contribution in [0.25, 0.3) is 34.0 Å². The van der Waals surface area contributed by atoms with Crippen LogP contribution in [0.5, 0.6) is 0 Å². The number of aromatic nitrogens is 2. The maximum absolute atomic E-state index is 14.0. The summed E-state index contributed by atoms with van der Waals surface area (Å²) in [7, 11) is 0. The van der Waals surface area contributed by atoms with Crippen molar-refractivity contribution in [3.05, 3.63) is 83.4 Å². The lowest BCUT2D eigenvalue weighted by atomic mass is 9.94. The van der Waals surface area contributed by atoms with E-state index in [4.69, 9.17) is 9.26 Å². The molecule has 1 atom stereocenters. The van der Waals surface area contributed by atoms with Gasteiger partial charge in [-0.3, -0.25) is 10.1 Å².